The van der Waals surface area contributed by atoms with Gasteiger partial charge in [-0.15, -0.1) is 12.3 Å². The molecule has 192 valence electrons. The van der Waals surface area contributed by atoms with Crippen molar-refractivity contribution >= 4 is 0 Å². The molecule has 0 aliphatic heterocycles. The van der Waals surface area contributed by atoms with Gasteiger partial charge in [0.05, 0.1) is 0 Å². The second-order valence-corrected chi connectivity index (χ2v) is 8.47. The molecule has 0 bridgehead atoms. The lowest BCUT2D eigenvalue weighted by atomic mass is 10.0. The standard InChI is InChI=1S/C16H22.C15H16.C3H4.C2H6/c1-3-4-5-6-7-8-12-16-13-10-9-11-15(2)14-16;1-13-6-5-9-15(11-10-13)12-14-7-3-2-4-8-14;1-3-2;1-2/h4-7,9-11,13-14,16H,3,8,12H2,1-2H3;2-5,7-11H,6,12H2,1H3;1H,2H3;1-2H3/b5-4-,7-6-;;;. The van der Waals surface area contributed by atoms with Crippen LogP contribution in [0, 0.1) is 18.3 Å². The lowest BCUT2D eigenvalue weighted by Gasteiger charge is -2.05. The van der Waals surface area contributed by atoms with E-state index >= 15 is 0 Å². The summed E-state index contributed by atoms with van der Waals surface area (Å²) in [5.74, 6) is 2.84. The first-order valence-electron chi connectivity index (χ1n) is 13.4. The minimum absolute atomic E-state index is 0.592. The Morgan fingerprint density at radius 2 is 1.67 bits per heavy atom. The Kier molecular flexibility index (Phi) is 21.3. The number of hydrogen-bond donors (Lipinski definition) is 0. The second kappa shape index (κ2) is 23.4. The lowest BCUT2D eigenvalue weighted by Crippen LogP contribution is -1.91. The molecule has 0 N–H and O–H groups in total. The molecule has 1 aromatic carbocycles. The minimum atomic E-state index is 0.592. The predicted octanol–water partition coefficient (Wildman–Crippen LogP) is 10.7. The van der Waals surface area contributed by atoms with E-state index < -0.39 is 0 Å². The third-order valence-corrected chi connectivity index (χ3v) is 5.20. The first kappa shape index (κ1) is 32.7. The van der Waals surface area contributed by atoms with Gasteiger partial charge in [0.15, 0.2) is 0 Å². The zero-order valence-corrected chi connectivity index (χ0v) is 23.6. The van der Waals surface area contributed by atoms with Crippen LogP contribution in [-0.2, 0) is 6.42 Å². The molecule has 0 amide bonds. The highest BCUT2D eigenvalue weighted by Crippen LogP contribution is 2.17. The molecule has 0 nitrogen and oxygen atoms in total. The average Bonchev–Trinajstić information content (AvgIpc) is 3.23. The molecule has 0 heteroatoms. The summed E-state index contributed by atoms with van der Waals surface area (Å²) in [5, 5.41) is 0. The predicted molar refractivity (Wildman–Crippen MR) is 165 cm³/mol. The molecule has 2 aliphatic carbocycles. The highest BCUT2D eigenvalue weighted by atomic mass is 14.1. The summed E-state index contributed by atoms with van der Waals surface area (Å²) >= 11 is 0. The van der Waals surface area contributed by atoms with Crippen molar-refractivity contribution in [2.45, 2.75) is 73.6 Å². The molecule has 0 aromatic heterocycles. The van der Waals surface area contributed by atoms with E-state index in [9.17, 15) is 0 Å². The molecule has 0 fully saturated rings. The molecule has 2 aliphatic rings. The molecule has 1 unspecified atom stereocenters. The van der Waals surface area contributed by atoms with Crippen LogP contribution in [0.1, 0.15) is 72.8 Å². The van der Waals surface area contributed by atoms with Gasteiger partial charge < -0.3 is 0 Å². The summed E-state index contributed by atoms with van der Waals surface area (Å²) in [6.45, 7) is 12.1. The summed E-state index contributed by atoms with van der Waals surface area (Å²) in [6, 6.07) is 10.6. The first-order chi connectivity index (χ1) is 17.6. The number of hydrogen-bond acceptors (Lipinski definition) is 0. The fraction of sp³-hybridized carbons (Fsp3) is 0.333. The summed E-state index contributed by atoms with van der Waals surface area (Å²) in [6.07, 6.45) is 38.9. The Morgan fingerprint density at radius 3 is 2.36 bits per heavy atom. The van der Waals surface area contributed by atoms with Gasteiger partial charge in [-0.3, -0.25) is 0 Å². The molecule has 0 saturated heterocycles. The van der Waals surface area contributed by atoms with Crippen LogP contribution in [0.5, 0.6) is 0 Å². The number of terminal acetylenes is 1. The highest BCUT2D eigenvalue weighted by molar-refractivity contribution is 5.34. The Morgan fingerprint density at radius 1 is 0.972 bits per heavy atom. The molecule has 0 saturated carbocycles. The van der Waals surface area contributed by atoms with E-state index in [2.05, 4.69) is 142 Å². The maximum Gasteiger partial charge on any atom is -0.00259 e. The molecule has 0 heterocycles. The van der Waals surface area contributed by atoms with Gasteiger partial charge in [0.2, 0.25) is 0 Å². The molecular formula is C36H48. The van der Waals surface area contributed by atoms with Crippen LogP contribution in [0.2, 0.25) is 0 Å². The van der Waals surface area contributed by atoms with Crippen LogP contribution < -0.4 is 0 Å². The SMILES string of the molecule is C#CC.CC.CC/C=C\C=C/CCC1C=CC=CC(C)=C1.CC1=CC=C(Cc2ccccc2)C=CC1. The summed E-state index contributed by atoms with van der Waals surface area (Å²) in [7, 11) is 0. The van der Waals surface area contributed by atoms with E-state index in [0.29, 0.717) is 5.92 Å². The smallest absolute Gasteiger partial charge is 0.00259 e. The van der Waals surface area contributed by atoms with E-state index in [4.69, 9.17) is 0 Å². The van der Waals surface area contributed by atoms with Crippen molar-refractivity contribution in [2.24, 2.45) is 5.92 Å². The van der Waals surface area contributed by atoms with Crippen LogP contribution in [-0.4, -0.2) is 0 Å². The Bertz CT molecular complexity index is 963. The first-order valence-corrected chi connectivity index (χ1v) is 13.4. The lowest BCUT2D eigenvalue weighted by molar-refractivity contribution is 0.719. The fourth-order valence-corrected chi connectivity index (χ4v) is 3.44. The van der Waals surface area contributed by atoms with E-state index in [0.717, 1.165) is 25.7 Å². The molecule has 3 rings (SSSR count). The Labute approximate surface area is 223 Å². The average molecular weight is 481 g/mol. The van der Waals surface area contributed by atoms with E-state index in [1.165, 1.54) is 28.7 Å². The van der Waals surface area contributed by atoms with E-state index in [-0.39, 0.29) is 0 Å². The zero-order chi connectivity index (χ0) is 26.9. The Balaban J connectivity index is 0.000000578. The molecule has 0 spiro atoms. The number of benzene rings is 1. The van der Waals surface area contributed by atoms with Crippen molar-refractivity contribution in [3.8, 4) is 12.3 Å². The van der Waals surface area contributed by atoms with Crippen molar-refractivity contribution in [3.63, 3.8) is 0 Å². The molecular weight excluding hydrogens is 432 g/mol. The van der Waals surface area contributed by atoms with Crippen LogP contribution >= 0.6 is 0 Å². The van der Waals surface area contributed by atoms with Crippen LogP contribution in [0.15, 0.2) is 126 Å². The summed E-state index contributed by atoms with van der Waals surface area (Å²) in [5.41, 5.74) is 5.55. The highest BCUT2D eigenvalue weighted by Gasteiger charge is 2.01. The number of rotatable bonds is 7. The molecule has 36 heavy (non-hydrogen) atoms. The maximum atomic E-state index is 4.60. The molecule has 1 aromatic rings. The van der Waals surface area contributed by atoms with Gasteiger partial charge in [-0.05, 0) is 69.9 Å². The quantitative estimate of drug-likeness (QED) is 0.269. The van der Waals surface area contributed by atoms with Gasteiger partial charge in [0.25, 0.3) is 0 Å². The minimum Gasteiger partial charge on any atom is -0.120 e. The Hall–Kier alpha value is -3.30. The zero-order valence-electron chi connectivity index (χ0n) is 23.6. The fourth-order valence-electron chi connectivity index (χ4n) is 3.44. The molecule has 1 atom stereocenters. The van der Waals surface area contributed by atoms with Crippen molar-refractivity contribution in [3.05, 3.63) is 132 Å². The van der Waals surface area contributed by atoms with Gasteiger partial charge in [0.1, 0.15) is 0 Å². The van der Waals surface area contributed by atoms with Gasteiger partial charge in [-0.1, -0.05) is 141 Å². The summed E-state index contributed by atoms with van der Waals surface area (Å²) in [4.78, 5) is 0. The second-order valence-electron chi connectivity index (χ2n) is 8.47. The maximum absolute atomic E-state index is 4.60. The molecule has 0 radical (unpaired) electrons. The monoisotopic (exact) mass is 480 g/mol. The van der Waals surface area contributed by atoms with Crippen molar-refractivity contribution in [1.29, 1.82) is 0 Å². The van der Waals surface area contributed by atoms with Crippen LogP contribution in [0.25, 0.3) is 0 Å². The van der Waals surface area contributed by atoms with Crippen molar-refractivity contribution in [2.75, 3.05) is 0 Å². The normalized spacial score (nSPS) is 16.0. The third kappa shape index (κ3) is 18.1. The van der Waals surface area contributed by atoms with Crippen molar-refractivity contribution in [1.82, 2.24) is 0 Å². The van der Waals surface area contributed by atoms with E-state index in [1.807, 2.05) is 13.8 Å². The third-order valence-electron chi connectivity index (χ3n) is 5.20. The number of allylic oxidation sites excluding steroid dienone is 16. The largest absolute Gasteiger partial charge is 0.120 e. The van der Waals surface area contributed by atoms with Gasteiger partial charge in [-0.2, -0.15) is 0 Å². The van der Waals surface area contributed by atoms with Gasteiger partial charge >= 0.3 is 0 Å². The van der Waals surface area contributed by atoms with Gasteiger partial charge in [0, 0.05) is 0 Å². The van der Waals surface area contributed by atoms with E-state index in [1.54, 1.807) is 6.92 Å². The summed E-state index contributed by atoms with van der Waals surface area (Å²) < 4.78 is 0. The van der Waals surface area contributed by atoms with Crippen LogP contribution in [0.3, 0.4) is 0 Å². The van der Waals surface area contributed by atoms with Crippen molar-refractivity contribution < 1.29 is 0 Å². The topological polar surface area (TPSA) is 0 Å². The van der Waals surface area contributed by atoms with Gasteiger partial charge in [-0.25, -0.2) is 0 Å². The van der Waals surface area contributed by atoms with Crippen LogP contribution in [0.4, 0.5) is 0 Å².